The summed E-state index contributed by atoms with van der Waals surface area (Å²) in [5.74, 6) is 0.838. The van der Waals surface area contributed by atoms with Gasteiger partial charge >= 0.3 is 0 Å². The minimum absolute atomic E-state index is 0.0472. The fraction of sp³-hybridized carbons (Fsp3) is 0.333. The molecule has 0 saturated carbocycles. The molecule has 0 spiro atoms. The van der Waals surface area contributed by atoms with Crippen molar-refractivity contribution in [1.82, 2.24) is 10.2 Å². The Kier molecular flexibility index (Phi) is 7.19. The number of aryl methyl sites for hydroxylation is 2. The van der Waals surface area contributed by atoms with Crippen molar-refractivity contribution >= 4 is 5.91 Å². The van der Waals surface area contributed by atoms with Crippen LogP contribution in [0.5, 0.6) is 5.75 Å². The fourth-order valence-corrected chi connectivity index (χ4v) is 2.78. The summed E-state index contributed by atoms with van der Waals surface area (Å²) in [5, 5.41) is 11.8. The number of carbonyl (C=O) groups is 1. The molecule has 26 heavy (non-hydrogen) atoms. The molecule has 0 unspecified atom stereocenters. The Bertz CT molecular complexity index is 776. The number of rotatable bonds is 8. The maximum Gasteiger partial charge on any atom is 0.234 e. The molecule has 0 fully saturated rings. The van der Waals surface area contributed by atoms with Gasteiger partial charge in [-0.2, -0.15) is 5.26 Å². The van der Waals surface area contributed by atoms with Crippen LogP contribution in [-0.4, -0.2) is 37.6 Å². The lowest BCUT2D eigenvalue weighted by molar-refractivity contribution is -0.122. The zero-order valence-electron chi connectivity index (χ0n) is 15.6. The maximum atomic E-state index is 12.1. The second-order valence-corrected chi connectivity index (χ2v) is 6.40. The second-order valence-electron chi connectivity index (χ2n) is 6.40. The molecular weight excluding hydrogens is 326 g/mol. The molecule has 0 aliphatic heterocycles. The van der Waals surface area contributed by atoms with Gasteiger partial charge in [-0.05, 0) is 49.7 Å². The van der Waals surface area contributed by atoms with Crippen molar-refractivity contribution in [3.05, 3.63) is 64.7 Å². The van der Waals surface area contributed by atoms with Crippen LogP contribution in [0.15, 0.2) is 42.5 Å². The lowest BCUT2D eigenvalue weighted by Crippen LogP contribution is -2.36. The normalized spacial score (nSPS) is 10.4. The first-order valence-electron chi connectivity index (χ1n) is 8.63. The van der Waals surface area contributed by atoms with Gasteiger partial charge in [0.15, 0.2) is 0 Å². The monoisotopic (exact) mass is 351 g/mol. The van der Waals surface area contributed by atoms with E-state index in [0.717, 1.165) is 22.4 Å². The van der Waals surface area contributed by atoms with E-state index in [0.29, 0.717) is 31.8 Å². The van der Waals surface area contributed by atoms with Crippen molar-refractivity contribution < 1.29 is 9.53 Å². The molecular formula is C21H25N3O2. The van der Waals surface area contributed by atoms with Gasteiger partial charge in [-0.25, -0.2) is 0 Å². The molecule has 0 aliphatic carbocycles. The number of nitrogens with one attached hydrogen (secondary N) is 1. The predicted octanol–water partition coefficient (Wildman–Crippen LogP) is 2.80. The summed E-state index contributed by atoms with van der Waals surface area (Å²) >= 11 is 0. The first-order chi connectivity index (χ1) is 12.5. The van der Waals surface area contributed by atoms with Crippen molar-refractivity contribution in [2.45, 2.75) is 20.4 Å². The average molecular weight is 351 g/mol. The molecule has 1 amide bonds. The van der Waals surface area contributed by atoms with E-state index in [4.69, 9.17) is 10.00 Å². The third kappa shape index (κ3) is 5.91. The van der Waals surface area contributed by atoms with E-state index in [9.17, 15) is 4.79 Å². The Morgan fingerprint density at radius 1 is 1.19 bits per heavy atom. The number of para-hydroxylation sites is 1. The molecule has 0 heterocycles. The highest BCUT2D eigenvalue weighted by Gasteiger charge is 2.08. The van der Waals surface area contributed by atoms with Crippen LogP contribution >= 0.6 is 0 Å². The van der Waals surface area contributed by atoms with E-state index >= 15 is 0 Å². The second kappa shape index (κ2) is 9.59. The van der Waals surface area contributed by atoms with Crippen LogP contribution in [0.3, 0.4) is 0 Å². The number of nitriles is 1. The third-order valence-electron chi connectivity index (χ3n) is 4.00. The molecule has 2 aromatic carbocycles. The summed E-state index contributed by atoms with van der Waals surface area (Å²) < 4.78 is 5.79. The van der Waals surface area contributed by atoms with Crippen molar-refractivity contribution in [2.75, 3.05) is 26.7 Å². The summed E-state index contributed by atoms with van der Waals surface area (Å²) in [7, 11) is 1.88. The molecule has 1 N–H and O–H groups in total. The van der Waals surface area contributed by atoms with Gasteiger partial charge in [-0.1, -0.05) is 30.3 Å². The van der Waals surface area contributed by atoms with Crippen LogP contribution < -0.4 is 10.1 Å². The summed E-state index contributed by atoms with van der Waals surface area (Å²) in [5.41, 5.74) is 3.83. The summed E-state index contributed by atoms with van der Waals surface area (Å²) in [4.78, 5) is 14.0. The van der Waals surface area contributed by atoms with Crippen molar-refractivity contribution in [1.29, 1.82) is 5.26 Å². The number of hydrogen-bond donors (Lipinski definition) is 1. The standard InChI is InChI=1S/C21H25N3O2/c1-16-6-4-7-17(2)21(16)26-11-10-23-20(25)15-24(3)14-19-9-5-8-18(12-19)13-22/h4-9,12H,10-11,14-15H2,1-3H3,(H,23,25). The lowest BCUT2D eigenvalue weighted by Gasteiger charge is -2.17. The highest BCUT2D eigenvalue weighted by molar-refractivity contribution is 5.77. The number of likely N-dealkylation sites (N-methyl/N-ethyl adjacent to an activating group) is 1. The van der Waals surface area contributed by atoms with Gasteiger partial charge in [0.2, 0.25) is 5.91 Å². The Balaban J connectivity index is 1.72. The van der Waals surface area contributed by atoms with Crippen LogP contribution in [-0.2, 0) is 11.3 Å². The first kappa shape index (κ1) is 19.5. The maximum absolute atomic E-state index is 12.1. The van der Waals surface area contributed by atoms with Gasteiger partial charge in [0, 0.05) is 6.54 Å². The Hall–Kier alpha value is -2.84. The van der Waals surface area contributed by atoms with Gasteiger partial charge in [-0.3, -0.25) is 9.69 Å². The van der Waals surface area contributed by atoms with Crippen LogP contribution in [0.25, 0.3) is 0 Å². The topological polar surface area (TPSA) is 65.4 Å². The average Bonchev–Trinajstić information content (AvgIpc) is 2.60. The number of carbonyl (C=O) groups excluding carboxylic acids is 1. The number of benzene rings is 2. The highest BCUT2D eigenvalue weighted by Crippen LogP contribution is 2.21. The SMILES string of the molecule is Cc1cccc(C)c1OCCNC(=O)CN(C)Cc1cccc(C#N)c1. The van der Waals surface area contributed by atoms with E-state index in [1.165, 1.54) is 0 Å². The molecule has 136 valence electrons. The van der Waals surface area contributed by atoms with Gasteiger partial charge < -0.3 is 10.1 Å². The van der Waals surface area contributed by atoms with Crippen molar-refractivity contribution in [2.24, 2.45) is 0 Å². The number of hydrogen-bond acceptors (Lipinski definition) is 4. The molecule has 5 nitrogen and oxygen atoms in total. The van der Waals surface area contributed by atoms with E-state index in [1.807, 2.05) is 62.2 Å². The number of ether oxygens (including phenoxy) is 1. The lowest BCUT2D eigenvalue weighted by atomic mass is 10.1. The number of amides is 1. The Morgan fingerprint density at radius 3 is 2.58 bits per heavy atom. The van der Waals surface area contributed by atoms with Gasteiger partial charge in [-0.15, -0.1) is 0 Å². The zero-order chi connectivity index (χ0) is 18.9. The molecule has 2 aromatic rings. The van der Waals surface area contributed by atoms with Crippen molar-refractivity contribution in [3.63, 3.8) is 0 Å². The molecule has 0 aliphatic rings. The molecule has 5 heteroatoms. The smallest absolute Gasteiger partial charge is 0.234 e. The molecule has 0 bridgehead atoms. The fourth-order valence-electron chi connectivity index (χ4n) is 2.78. The summed E-state index contributed by atoms with van der Waals surface area (Å²) in [6, 6.07) is 15.6. The molecule has 0 radical (unpaired) electrons. The molecule has 2 rings (SSSR count). The van der Waals surface area contributed by atoms with Gasteiger partial charge in [0.25, 0.3) is 0 Å². The van der Waals surface area contributed by atoms with Crippen LogP contribution in [0.1, 0.15) is 22.3 Å². The highest BCUT2D eigenvalue weighted by atomic mass is 16.5. The minimum atomic E-state index is -0.0472. The largest absolute Gasteiger partial charge is 0.491 e. The van der Waals surface area contributed by atoms with E-state index in [2.05, 4.69) is 11.4 Å². The summed E-state index contributed by atoms with van der Waals surface area (Å²) in [6.45, 7) is 5.83. The molecule has 0 aromatic heterocycles. The first-order valence-corrected chi connectivity index (χ1v) is 8.63. The van der Waals surface area contributed by atoms with E-state index in [-0.39, 0.29) is 5.91 Å². The third-order valence-corrected chi connectivity index (χ3v) is 4.00. The van der Waals surface area contributed by atoms with E-state index < -0.39 is 0 Å². The van der Waals surface area contributed by atoms with Gasteiger partial charge in [0.05, 0.1) is 24.7 Å². The number of nitrogens with zero attached hydrogens (tertiary/aromatic N) is 2. The van der Waals surface area contributed by atoms with Crippen LogP contribution in [0.2, 0.25) is 0 Å². The minimum Gasteiger partial charge on any atom is -0.491 e. The van der Waals surface area contributed by atoms with Crippen LogP contribution in [0, 0.1) is 25.2 Å². The Labute approximate surface area is 155 Å². The van der Waals surface area contributed by atoms with Gasteiger partial charge in [0.1, 0.15) is 12.4 Å². The van der Waals surface area contributed by atoms with Crippen LogP contribution in [0.4, 0.5) is 0 Å². The Morgan fingerprint density at radius 2 is 1.88 bits per heavy atom. The van der Waals surface area contributed by atoms with Crippen molar-refractivity contribution in [3.8, 4) is 11.8 Å². The quantitative estimate of drug-likeness (QED) is 0.743. The zero-order valence-corrected chi connectivity index (χ0v) is 15.6. The predicted molar refractivity (Wildman–Crippen MR) is 102 cm³/mol. The summed E-state index contributed by atoms with van der Waals surface area (Å²) in [6.07, 6.45) is 0. The molecule has 0 saturated heterocycles. The molecule has 0 atom stereocenters. The van der Waals surface area contributed by atoms with E-state index in [1.54, 1.807) is 6.07 Å².